The molecule has 0 aromatic heterocycles. The number of nitrogens with one attached hydrogen (secondary N) is 1. The first kappa shape index (κ1) is 17.9. The smallest absolute Gasteiger partial charge is 0.255 e. The zero-order chi connectivity index (χ0) is 18.2. The number of fused-ring (bicyclic) bond motifs is 1. The molecule has 0 unspecified atom stereocenters. The zero-order valence-corrected chi connectivity index (χ0v) is 15.2. The van der Waals surface area contributed by atoms with Crippen molar-refractivity contribution in [1.29, 1.82) is 0 Å². The van der Waals surface area contributed by atoms with E-state index in [1.807, 2.05) is 11.0 Å². The van der Waals surface area contributed by atoms with Gasteiger partial charge in [0.1, 0.15) is 0 Å². The summed E-state index contributed by atoms with van der Waals surface area (Å²) >= 11 is 0. The molecule has 1 aliphatic heterocycles. The SMILES string of the molecule is O=C(CN1CC[C@@H]2[C@H](C1)C2(F)F)NCC1(c2ccccc2)CCCCC1. The molecule has 0 radical (unpaired) electrons. The molecule has 3 aliphatic rings. The Labute approximate surface area is 154 Å². The summed E-state index contributed by atoms with van der Waals surface area (Å²) in [6, 6.07) is 10.5. The molecular formula is C21H28F2N2O. The largest absolute Gasteiger partial charge is 0.354 e. The Hall–Kier alpha value is -1.49. The number of hydrogen-bond donors (Lipinski definition) is 1. The number of amides is 1. The summed E-state index contributed by atoms with van der Waals surface area (Å²) in [6.45, 7) is 1.85. The van der Waals surface area contributed by atoms with Crippen LogP contribution in [0.25, 0.3) is 0 Å². The van der Waals surface area contributed by atoms with Crippen LogP contribution in [0.15, 0.2) is 30.3 Å². The van der Waals surface area contributed by atoms with Gasteiger partial charge in [0.15, 0.2) is 0 Å². The maximum atomic E-state index is 13.5. The second-order valence-electron chi connectivity index (χ2n) is 8.40. The number of alkyl halides is 2. The van der Waals surface area contributed by atoms with Crippen LogP contribution in [-0.4, -0.2) is 42.9 Å². The highest BCUT2D eigenvalue weighted by molar-refractivity contribution is 5.78. The van der Waals surface area contributed by atoms with E-state index in [1.165, 1.54) is 24.8 Å². The van der Waals surface area contributed by atoms with E-state index >= 15 is 0 Å². The van der Waals surface area contributed by atoms with E-state index in [1.54, 1.807) is 0 Å². The van der Waals surface area contributed by atoms with Gasteiger partial charge in [-0.2, -0.15) is 0 Å². The van der Waals surface area contributed by atoms with Crippen molar-refractivity contribution in [2.45, 2.75) is 49.9 Å². The molecule has 1 amide bonds. The van der Waals surface area contributed by atoms with E-state index in [9.17, 15) is 13.6 Å². The first-order valence-corrected chi connectivity index (χ1v) is 9.94. The normalized spacial score (nSPS) is 29.6. The zero-order valence-electron chi connectivity index (χ0n) is 15.2. The predicted molar refractivity (Wildman–Crippen MR) is 97.2 cm³/mol. The van der Waals surface area contributed by atoms with Crippen LogP contribution in [0.4, 0.5) is 8.78 Å². The standard InChI is InChI=1S/C21H28F2N2O/c22-21(23)17-9-12-25(13-18(17)21)14-19(26)24-15-20(10-5-2-6-11-20)16-7-3-1-4-8-16/h1,3-4,7-8,17-18H,2,5-6,9-15H2,(H,24,26)/t17-,18+/m1/s1. The van der Waals surface area contributed by atoms with Crippen molar-refractivity contribution in [2.24, 2.45) is 11.8 Å². The van der Waals surface area contributed by atoms with Gasteiger partial charge in [-0.05, 0) is 31.4 Å². The molecule has 1 saturated heterocycles. The third-order valence-corrected chi connectivity index (χ3v) is 6.76. The molecular weight excluding hydrogens is 334 g/mol. The summed E-state index contributed by atoms with van der Waals surface area (Å²) in [6.07, 6.45) is 6.34. The first-order valence-electron chi connectivity index (χ1n) is 9.94. The van der Waals surface area contributed by atoms with Crippen molar-refractivity contribution in [3.8, 4) is 0 Å². The summed E-state index contributed by atoms with van der Waals surface area (Å²) in [4.78, 5) is 14.4. The molecule has 26 heavy (non-hydrogen) atoms. The Morgan fingerprint density at radius 3 is 2.54 bits per heavy atom. The van der Waals surface area contributed by atoms with Gasteiger partial charge >= 0.3 is 0 Å². The van der Waals surface area contributed by atoms with E-state index < -0.39 is 17.8 Å². The lowest BCUT2D eigenvalue weighted by Gasteiger charge is -2.38. The molecule has 142 valence electrons. The van der Waals surface area contributed by atoms with Gasteiger partial charge in [-0.1, -0.05) is 49.6 Å². The lowest BCUT2D eigenvalue weighted by Crippen LogP contribution is -2.46. The second-order valence-corrected chi connectivity index (χ2v) is 8.40. The highest BCUT2D eigenvalue weighted by Crippen LogP contribution is 2.59. The van der Waals surface area contributed by atoms with Crippen molar-refractivity contribution in [3.63, 3.8) is 0 Å². The number of rotatable bonds is 5. The molecule has 2 atom stereocenters. The number of carbonyl (C=O) groups excluding carboxylic acids is 1. The quantitative estimate of drug-likeness (QED) is 0.868. The lowest BCUT2D eigenvalue weighted by atomic mass is 9.69. The molecule has 5 heteroatoms. The van der Waals surface area contributed by atoms with Crippen molar-refractivity contribution in [3.05, 3.63) is 35.9 Å². The van der Waals surface area contributed by atoms with E-state index in [2.05, 4.69) is 29.6 Å². The van der Waals surface area contributed by atoms with Gasteiger partial charge < -0.3 is 5.32 Å². The van der Waals surface area contributed by atoms with E-state index in [0.29, 0.717) is 26.1 Å². The van der Waals surface area contributed by atoms with E-state index in [0.717, 1.165) is 12.8 Å². The molecule has 3 nitrogen and oxygen atoms in total. The fourth-order valence-corrected chi connectivity index (χ4v) is 5.05. The maximum Gasteiger partial charge on any atom is 0.255 e. The van der Waals surface area contributed by atoms with Crippen LogP contribution in [0.3, 0.4) is 0 Å². The molecule has 1 aromatic rings. The molecule has 3 fully saturated rings. The topological polar surface area (TPSA) is 32.3 Å². The summed E-state index contributed by atoms with van der Waals surface area (Å²) in [5.74, 6) is -3.50. The molecule has 4 rings (SSSR count). The number of hydrogen-bond acceptors (Lipinski definition) is 2. The highest BCUT2D eigenvalue weighted by Gasteiger charge is 2.68. The van der Waals surface area contributed by atoms with Crippen LogP contribution in [0.2, 0.25) is 0 Å². The Bertz CT molecular complexity index is 643. The predicted octanol–water partition coefficient (Wildman–Crippen LogP) is 3.59. The van der Waals surface area contributed by atoms with Crippen LogP contribution in [0.5, 0.6) is 0 Å². The van der Waals surface area contributed by atoms with Gasteiger partial charge in [-0.3, -0.25) is 9.69 Å². The third-order valence-electron chi connectivity index (χ3n) is 6.76. The highest BCUT2D eigenvalue weighted by atomic mass is 19.3. The minimum atomic E-state index is -2.50. The van der Waals surface area contributed by atoms with Gasteiger partial charge in [0.05, 0.1) is 6.54 Å². The minimum Gasteiger partial charge on any atom is -0.354 e. The second kappa shape index (κ2) is 6.91. The van der Waals surface area contributed by atoms with Gasteiger partial charge in [0.25, 0.3) is 5.92 Å². The lowest BCUT2D eigenvalue weighted by molar-refractivity contribution is -0.122. The number of carbonyl (C=O) groups is 1. The number of piperidine rings is 1. The third kappa shape index (κ3) is 3.38. The summed E-state index contributed by atoms with van der Waals surface area (Å²) in [7, 11) is 0. The van der Waals surface area contributed by atoms with Crippen molar-refractivity contribution < 1.29 is 13.6 Å². The monoisotopic (exact) mass is 362 g/mol. The molecule has 2 saturated carbocycles. The number of benzene rings is 1. The van der Waals surface area contributed by atoms with Crippen LogP contribution >= 0.6 is 0 Å². The van der Waals surface area contributed by atoms with Gasteiger partial charge in [-0.25, -0.2) is 8.78 Å². The Morgan fingerprint density at radius 1 is 1.12 bits per heavy atom. The summed E-state index contributed by atoms with van der Waals surface area (Å²) in [5, 5.41) is 3.12. The minimum absolute atomic E-state index is 0.0195. The van der Waals surface area contributed by atoms with Crippen molar-refractivity contribution in [2.75, 3.05) is 26.2 Å². The van der Waals surface area contributed by atoms with E-state index in [-0.39, 0.29) is 17.9 Å². The number of halogens is 2. The number of nitrogens with zero attached hydrogens (tertiary/aromatic N) is 1. The summed E-state index contributed by atoms with van der Waals surface area (Å²) in [5.41, 5.74) is 1.32. The van der Waals surface area contributed by atoms with Crippen molar-refractivity contribution in [1.82, 2.24) is 10.2 Å². The first-order chi connectivity index (χ1) is 12.5. The average molecular weight is 362 g/mol. The fraction of sp³-hybridized carbons (Fsp3) is 0.667. The van der Waals surface area contributed by atoms with Crippen LogP contribution in [0, 0.1) is 11.8 Å². The average Bonchev–Trinajstić information content (AvgIpc) is 3.22. The molecule has 1 heterocycles. The molecule has 0 bridgehead atoms. The van der Waals surface area contributed by atoms with Gasteiger partial charge in [0, 0.05) is 30.3 Å². The molecule has 2 aliphatic carbocycles. The Morgan fingerprint density at radius 2 is 1.85 bits per heavy atom. The molecule has 1 N–H and O–H groups in total. The molecule has 1 aromatic carbocycles. The van der Waals surface area contributed by atoms with E-state index in [4.69, 9.17) is 0 Å². The van der Waals surface area contributed by atoms with Gasteiger partial charge in [0.2, 0.25) is 5.91 Å². The van der Waals surface area contributed by atoms with Crippen LogP contribution < -0.4 is 5.32 Å². The fourth-order valence-electron chi connectivity index (χ4n) is 5.05. The van der Waals surface area contributed by atoms with Crippen LogP contribution in [-0.2, 0) is 10.2 Å². The maximum absolute atomic E-state index is 13.5. The Kier molecular flexibility index (Phi) is 4.76. The van der Waals surface area contributed by atoms with Gasteiger partial charge in [-0.15, -0.1) is 0 Å². The summed E-state index contributed by atoms with van der Waals surface area (Å²) < 4.78 is 27.0. The number of likely N-dealkylation sites (tertiary alicyclic amines) is 1. The van der Waals surface area contributed by atoms with Crippen LogP contribution in [0.1, 0.15) is 44.1 Å². The molecule has 0 spiro atoms. The van der Waals surface area contributed by atoms with Crippen molar-refractivity contribution >= 4 is 5.91 Å². The Balaban J connectivity index is 1.34.